The Morgan fingerprint density at radius 2 is 2.15 bits per heavy atom. The molecular formula is C15H16ClN3O. The Labute approximate surface area is 122 Å². The fourth-order valence-corrected chi connectivity index (χ4v) is 2.84. The molecule has 4 nitrogen and oxygen atoms in total. The number of nitrogens with zero attached hydrogens (tertiary/aromatic N) is 2. The number of nitrogens with one attached hydrogen (secondary N) is 1. The average Bonchev–Trinajstić information content (AvgIpc) is 3.01. The van der Waals surface area contributed by atoms with Gasteiger partial charge in [0.25, 0.3) is 5.91 Å². The number of likely N-dealkylation sites (tertiary alicyclic amines) is 1. The van der Waals surface area contributed by atoms with Crippen molar-refractivity contribution >= 4 is 17.5 Å². The zero-order valence-electron chi connectivity index (χ0n) is 11.1. The molecule has 0 aliphatic carbocycles. The summed E-state index contributed by atoms with van der Waals surface area (Å²) < 4.78 is 0. The molecule has 104 valence electrons. The van der Waals surface area contributed by atoms with E-state index < -0.39 is 0 Å². The van der Waals surface area contributed by atoms with Gasteiger partial charge < -0.3 is 9.88 Å². The van der Waals surface area contributed by atoms with Gasteiger partial charge in [0, 0.05) is 24.0 Å². The predicted octanol–water partition coefficient (Wildman–Crippen LogP) is 3.08. The number of amides is 1. The zero-order valence-corrected chi connectivity index (χ0v) is 11.8. The molecule has 2 aromatic rings. The number of aromatic nitrogens is 2. The van der Waals surface area contributed by atoms with Crippen LogP contribution in [0.4, 0.5) is 0 Å². The number of benzene rings is 1. The van der Waals surface area contributed by atoms with Gasteiger partial charge in [-0.15, -0.1) is 0 Å². The quantitative estimate of drug-likeness (QED) is 0.923. The van der Waals surface area contributed by atoms with Gasteiger partial charge in [0.15, 0.2) is 0 Å². The smallest absolute Gasteiger partial charge is 0.271 e. The molecule has 1 N–H and O–H groups in total. The molecule has 0 bridgehead atoms. The number of hydrogen-bond acceptors (Lipinski definition) is 2. The van der Waals surface area contributed by atoms with Crippen molar-refractivity contribution in [2.75, 3.05) is 13.1 Å². The molecule has 1 aliphatic rings. The van der Waals surface area contributed by atoms with Crippen LogP contribution in [0.25, 0.3) is 0 Å². The SMILES string of the molecule is O=C(c1cnc[nH]1)N1CCC[C@H](c2ccc(Cl)cc2)C1. The number of carbonyl (C=O) groups is 1. The first kappa shape index (κ1) is 13.2. The number of halogens is 1. The van der Waals surface area contributed by atoms with E-state index >= 15 is 0 Å². The van der Waals surface area contributed by atoms with Gasteiger partial charge in [0.2, 0.25) is 0 Å². The maximum absolute atomic E-state index is 12.3. The Morgan fingerprint density at radius 1 is 1.35 bits per heavy atom. The summed E-state index contributed by atoms with van der Waals surface area (Å²) in [6, 6.07) is 7.92. The predicted molar refractivity (Wildman–Crippen MR) is 77.9 cm³/mol. The summed E-state index contributed by atoms with van der Waals surface area (Å²) in [4.78, 5) is 21.0. The summed E-state index contributed by atoms with van der Waals surface area (Å²) in [6.07, 6.45) is 5.24. The topological polar surface area (TPSA) is 49.0 Å². The lowest BCUT2D eigenvalue weighted by Crippen LogP contribution is -2.39. The molecule has 1 aromatic carbocycles. The van der Waals surface area contributed by atoms with Crippen LogP contribution in [-0.2, 0) is 0 Å². The van der Waals surface area contributed by atoms with Gasteiger partial charge >= 0.3 is 0 Å². The molecule has 1 atom stereocenters. The molecule has 3 rings (SSSR count). The van der Waals surface area contributed by atoms with Crippen molar-refractivity contribution in [1.29, 1.82) is 0 Å². The highest BCUT2D eigenvalue weighted by Gasteiger charge is 2.25. The van der Waals surface area contributed by atoms with Gasteiger partial charge in [-0.1, -0.05) is 23.7 Å². The van der Waals surface area contributed by atoms with Crippen LogP contribution >= 0.6 is 11.6 Å². The van der Waals surface area contributed by atoms with Crippen molar-refractivity contribution in [3.8, 4) is 0 Å². The van der Waals surface area contributed by atoms with E-state index in [1.54, 1.807) is 6.20 Å². The summed E-state index contributed by atoms with van der Waals surface area (Å²) in [6.45, 7) is 1.56. The Kier molecular flexibility index (Phi) is 3.74. The van der Waals surface area contributed by atoms with E-state index in [-0.39, 0.29) is 5.91 Å². The number of imidazole rings is 1. The molecule has 0 radical (unpaired) electrons. The Hall–Kier alpha value is -1.81. The molecule has 1 fully saturated rings. The number of piperidine rings is 1. The zero-order chi connectivity index (χ0) is 13.9. The van der Waals surface area contributed by atoms with E-state index in [0.29, 0.717) is 11.6 Å². The Balaban J connectivity index is 1.73. The van der Waals surface area contributed by atoms with Crippen molar-refractivity contribution in [3.63, 3.8) is 0 Å². The van der Waals surface area contributed by atoms with Crippen molar-refractivity contribution in [1.82, 2.24) is 14.9 Å². The van der Waals surface area contributed by atoms with Crippen molar-refractivity contribution < 1.29 is 4.79 Å². The minimum absolute atomic E-state index is 0.0289. The van der Waals surface area contributed by atoms with Crippen LogP contribution in [0.3, 0.4) is 0 Å². The molecule has 0 saturated carbocycles. The van der Waals surface area contributed by atoms with E-state index in [0.717, 1.165) is 31.0 Å². The molecule has 20 heavy (non-hydrogen) atoms. The largest absolute Gasteiger partial charge is 0.341 e. The summed E-state index contributed by atoms with van der Waals surface area (Å²) in [5.41, 5.74) is 1.80. The fraction of sp³-hybridized carbons (Fsp3) is 0.333. The second-order valence-corrected chi connectivity index (χ2v) is 5.54. The minimum Gasteiger partial charge on any atom is -0.341 e. The molecule has 1 amide bonds. The van der Waals surface area contributed by atoms with Crippen molar-refractivity contribution in [2.24, 2.45) is 0 Å². The van der Waals surface area contributed by atoms with Crippen LogP contribution in [0.1, 0.15) is 34.8 Å². The molecule has 0 unspecified atom stereocenters. The van der Waals surface area contributed by atoms with Gasteiger partial charge in [-0.3, -0.25) is 4.79 Å². The van der Waals surface area contributed by atoms with Crippen LogP contribution in [0.15, 0.2) is 36.8 Å². The Morgan fingerprint density at radius 3 is 2.85 bits per heavy atom. The van der Waals surface area contributed by atoms with Gasteiger partial charge in [0.05, 0.1) is 12.5 Å². The number of H-pyrrole nitrogens is 1. The maximum Gasteiger partial charge on any atom is 0.271 e. The van der Waals surface area contributed by atoms with Crippen molar-refractivity contribution in [2.45, 2.75) is 18.8 Å². The summed E-state index contributed by atoms with van der Waals surface area (Å²) in [5, 5.41) is 0.745. The normalized spacial score (nSPS) is 19.1. The summed E-state index contributed by atoms with van der Waals surface area (Å²) in [7, 11) is 0. The lowest BCUT2D eigenvalue weighted by atomic mass is 9.90. The Bertz CT molecular complexity index is 580. The van der Waals surface area contributed by atoms with Gasteiger partial charge in [0.1, 0.15) is 5.69 Å². The second-order valence-electron chi connectivity index (χ2n) is 5.11. The minimum atomic E-state index is 0.0289. The summed E-state index contributed by atoms with van der Waals surface area (Å²) in [5.74, 6) is 0.411. The highest BCUT2D eigenvalue weighted by atomic mass is 35.5. The molecule has 2 heterocycles. The van der Waals surface area contributed by atoms with Gasteiger partial charge in [-0.25, -0.2) is 4.98 Å². The third kappa shape index (κ3) is 2.70. The first-order valence-electron chi connectivity index (χ1n) is 6.77. The summed E-state index contributed by atoms with van der Waals surface area (Å²) >= 11 is 5.92. The molecule has 0 spiro atoms. The maximum atomic E-state index is 12.3. The first-order valence-corrected chi connectivity index (χ1v) is 7.15. The lowest BCUT2D eigenvalue weighted by molar-refractivity contribution is 0.0701. The van der Waals surface area contributed by atoms with E-state index in [9.17, 15) is 4.79 Å². The first-order chi connectivity index (χ1) is 9.74. The number of rotatable bonds is 2. The van der Waals surface area contributed by atoms with E-state index in [1.807, 2.05) is 17.0 Å². The standard InChI is InChI=1S/C15H16ClN3O/c16-13-5-3-11(4-6-13)12-2-1-7-19(9-12)15(20)14-8-17-10-18-14/h3-6,8,10,12H,1-2,7,9H2,(H,17,18)/t12-/m0/s1. The van der Waals surface area contributed by atoms with E-state index in [4.69, 9.17) is 11.6 Å². The van der Waals surface area contributed by atoms with Crippen LogP contribution < -0.4 is 0 Å². The number of hydrogen-bond donors (Lipinski definition) is 1. The van der Waals surface area contributed by atoms with Crippen LogP contribution in [0.5, 0.6) is 0 Å². The third-order valence-corrected chi connectivity index (χ3v) is 4.03. The van der Waals surface area contributed by atoms with Crippen LogP contribution in [0.2, 0.25) is 5.02 Å². The van der Waals surface area contributed by atoms with E-state index in [2.05, 4.69) is 22.1 Å². The molecule has 1 aliphatic heterocycles. The lowest BCUT2D eigenvalue weighted by Gasteiger charge is -2.32. The highest BCUT2D eigenvalue weighted by molar-refractivity contribution is 6.30. The van der Waals surface area contributed by atoms with Crippen LogP contribution in [0, 0.1) is 0 Å². The fourth-order valence-electron chi connectivity index (χ4n) is 2.71. The number of aromatic amines is 1. The third-order valence-electron chi connectivity index (χ3n) is 3.78. The molecule has 1 aromatic heterocycles. The average molecular weight is 290 g/mol. The molecule has 1 saturated heterocycles. The molecule has 5 heteroatoms. The monoisotopic (exact) mass is 289 g/mol. The second kappa shape index (κ2) is 5.67. The number of carbonyl (C=O) groups excluding carboxylic acids is 1. The van der Waals surface area contributed by atoms with E-state index in [1.165, 1.54) is 11.9 Å². The molecular weight excluding hydrogens is 274 g/mol. The van der Waals surface area contributed by atoms with Crippen LogP contribution in [-0.4, -0.2) is 33.9 Å². The van der Waals surface area contributed by atoms with Gasteiger partial charge in [-0.05, 0) is 30.5 Å². The highest BCUT2D eigenvalue weighted by Crippen LogP contribution is 2.28. The van der Waals surface area contributed by atoms with Crippen molar-refractivity contribution in [3.05, 3.63) is 53.1 Å². The van der Waals surface area contributed by atoms with Gasteiger partial charge in [-0.2, -0.15) is 0 Å².